The largest absolute Gasteiger partial charge is 0.247 e. The fourth-order valence-electron chi connectivity index (χ4n) is 1.70. The molecule has 0 aliphatic heterocycles. The molecule has 64 valence electrons. The van der Waals surface area contributed by atoms with Gasteiger partial charge in [0.15, 0.2) is 0 Å². The summed E-state index contributed by atoms with van der Waals surface area (Å²) in [5.74, 6) is -0.387. The van der Waals surface area contributed by atoms with Crippen molar-refractivity contribution in [2.75, 3.05) is 0 Å². The highest BCUT2D eigenvalue weighted by atomic mass is 19.1. The van der Waals surface area contributed by atoms with Crippen LogP contribution in [0.5, 0.6) is 0 Å². The molecule has 1 saturated carbocycles. The zero-order valence-electron chi connectivity index (χ0n) is 6.76. The first-order valence-corrected chi connectivity index (χ1v) is 4.06. The second-order valence-corrected chi connectivity index (χ2v) is 3.42. The third-order valence-corrected chi connectivity index (χ3v) is 2.36. The van der Waals surface area contributed by atoms with E-state index >= 15 is 0 Å². The topological polar surface area (TPSA) is 0 Å². The molecule has 2 unspecified atom stereocenters. The molecule has 0 saturated heterocycles. The predicted octanol–water partition coefficient (Wildman–Crippen LogP) is 2.89. The van der Waals surface area contributed by atoms with E-state index in [1.807, 2.05) is 6.92 Å². The number of hydrogen-bond donors (Lipinski definition) is 0. The van der Waals surface area contributed by atoms with Gasteiger partial charge in [-0.2, -0.15) is 0 Å². The van der Waals surface area contributed by atoms with Gasteiger partial charge in [-0.1, -0.05) is 13.0 Å². The highest BCUT2D eigenvalue weighted by Crippen LogP contribution is 2.33. The van der Waals surface area contributed by atoms with Crippen LogP contribution in [-0.2, 0) is 0 Å². The Balaban J connectivity index is 2.58. The molecule has 1 aliphatic carbocycles. The maximum absolute atomic E-state index is 13.0. The van der Waals surface area contributed by atoms with E-state index in [9.17, 15) is 8.78 Å². The number of rotatable bonds is 1. The lowest BCUT2D eigenvalue weighted by Crippen LogP contribution is -2.33. The Morgan fingerprint density at radius 1 is 1.27 bits per heavy atom. The van der Waals surface area contributed by atoms with Crippen LogP contribution in [0.15, 0.2) is 12.7 Å². The van der Waals surface area contributed by atoms with E-state index in [2.05, 4.69) is 6.58 Å². The first-order chi connectivity index (χ1) is 5.15. The molecule has 1 aliphatic rings. The quantitative estimate of drug-likeness (QED) is 0.517. The van der Waals surface area contributed by atoms with Gasteiger partial charge in [-0.3, -0.25) is 0 Å². The van der Waals surface area contributed by atoms with E-state index in [0.29, 0.717) is 12.8 Å². The van der Waals surface area contributed by atoms with Crippen LogP contribution in [0.2, 0.25) is 0 Å². The fourth-order valence-corrected chi connectivity index (χ4v) is 1.70. The molecule has 2 atom stereocenters. The first kappa shape index (κ1) is 8.69. The van der Waals surface area contributed by atoms with Crippen LogP contribution in [-0.4, -0.2) is 12.3 Å². The maximum atomic E-state index is 13.0. The van der Waals surface area contributed by atoms with Crippen LogP contribution in [0.25, 0.3) is 0 Å². The number of allylic oxidation sites excluding steroid dienone is 1. The second-order valence-electron chi connectivity index (χ2n) is 3.42. The predicted molar refractivity (Wildman–Crippen MR) is 41.9 cm³/mol. The smallest absolute Gasteiger partial charge is 0.109 e. The van der Waals surface area contributed by atoms with Gasteiger partial charge in [0.25, 0.3) is 0 Å². The van der Waals surface area contributed by atoms with E-state index in [1.54, 1.807) is 0 Å². The standard InChI is InChI=1S/C9H14F2/c1-3-7-8(10)4-6(2)5-9(7)11/h3,6-9H,1,4-5H2,2H3. The van der Waals surface area contributed by atoms with E-state index in [1.165, 1.54) is 6.08 Å². The van der Waals surface area contributed by atoms with Crippen molar-refractivity contribution in [1.29, 1.82) is 0 Å². The maximum Gasteiger partial charge on any atom is 0.109 e. The molecule has 1 rings (SSSR count). The molecule has 0 N–H and O–H groups in total. The van der Waals surface area contributed by atoms with Gasteiger partial charge in [0.05, 0.1) is 0 Å². The van der Waals surface area contributed by atoms with Gasteiger partial charge < -0.3 is 0 Å². The Hall–Kier alpha value is -0.400. The first-order valence-electron chi connectivity index (χ1n) is 4.06. The molecule has 0 spiro atoms. The van der Waals surface area contributed by atoms with Crippen molar-refractivity contribution in [3.05, 3.63) is 12.7 Å². The summed E-state index contributed by atoms with van der Waals surface area (Å²) >= 11 is 0. The van der Waals surface area contributed by atoms with Crippen LogP contribution in [0.1, 0.15) is 19.8 Å². The third-order valence-electron chi connectivity index (χ3n) is 2.36. The van der Waals surface area contributed by atoms with Crippen molar-refractivity contribution >= 4 is 0 Å². The lowest BCUT2D eigenvalue weighted by molar-refractivity contribution is 0.0766. The Morgan fingerprint density at radius 3 is 2.09 bits per heavy atom. The summed E-state index contributed by atoms with van der Waals surface area (Å²) in [5.41, 5.74) is 0. The molecular formula is C9H14F2. The average Bonchev–Trinajstić information content (AvgIpc) is 1.85. The second kappa shape index (κ2) is 3.33. The Bertz CT molecular complexity index is 132. The van der Waals surface area contributed by atoms with Crippen LogP contribution in [0, 0.1) is 11.8 Å². The minimum absolute atomic E-state index is 0.177. The summed E-state index contributed by atoms with van der Waals surface area (Å²) < 4.78 is 26.1. The summed E-state index contributed by atoms with van der Waals surface area (Å²) in [6.07, 6.45) is 0.326. The molecular weight excluding hydrogens is 146 g/mol. The van der Waals surface area contributed by atoms with E-state index in [0.717, 1.165) is 0 Å². The van der Waals surface area contributed by atoms with Gasteiger partial charge in [0.2, 0.25) is 0 Å². The summed E-state index contributed by atoms with van der Waals surface area (Å²) in [6.45, 7) is 5.32. The van der Waals surface area contributed by atoms with Crippen LogP contribution in [0.3, 0.4) is 0 Å². The Kier molecular flexibility index (Phi) is 2.63. The number of hydrogen-bond acceptors (Lipinski definition) is 0. The minimum atomic E-state index is -1.02. The zero-order chi connectivity index (χ0) is 8.43. The Morgan fingerprint density at radius 2 is 1.73 bits per heavy atom. The number of halogens is 2. The highest BCUT2D eigenvalue weighted by Gasteiger charge is 2.34. The summed E-state index contributed by atoms with van der Waals surface area (Å²) in [7, 11) is 0. The monoisotopic (exact) mass is 160 g/mol. The summed E-state index contributed by atoms with van der Waals surface area (Å²) in [5, 5.41) is 0. The van der Waals surface area contributed by atoms with Crippen molar-refractivity contribution in [3.8, 4) is 0 Å². The van der Waals surface area contributed by atoms with Crippen LogP contribution in [0.4, 0.5) is 8.78 Å². The molecule has 0 bridgehead atoms. The van der Waals surface area contributed by atoms with Gasteiger partial charge in [0, 0.05) is 5.92 Å². The molecule has 0 aromatic rings. The van der Waals surface area contributed by atoms with Crippen molar-refractivity contribution in [1.82, 2.24) is 0 Å². The van der Waals surface area contributed by atoms with Crippen molar-refractivity contribution in [2.45, 2.75) is 32.1 Å². The van der Waals surface area contributed by atoms with E-state index in [-0.39, 0.29) is 5.92 Å². The molecule has 0 amide bonds. The zero-order valence-corrected chi connectivity index (χ0v) is 6.76. The fraction of sp³-hybridized carbons (Fsp3) is 0.778. The van der Waals surface area contributed by atoms with Gasteiger partial charge in [-0.25, -0.2) is 8.78 Å². The number of alkyl halides is 2. The summed E-state index contributed by atoms with van der Waals surface area (Å²) in [6, 6.07) is 0. The highest BCUT2D eigenvalue weighted by molar-refractivity contribution is 4.94. The lowest BCUT2D eigenvalue weighted by atomic mass is 9.80. The van der Waals surface area contributed by atoms with Crippen LogP contribution < -0.4 is 0 Å². The van der Waals surface area contributed by atoms with Crippen LogP contribution >= 0.6 is 0 Å². The third kappa shape index (κ3) is 1.79. The van der Waals surface area contributed by atoms with Crippen molar-refractivity contribution < 1.29 is 8.78 Å². The van der Waals surface area contributed by atoms with E-state index < -0.39 is 18.3 Å². The molecule has 0 heterocycles. The molecule has 0 radical (unpaired) electrons. The SMILES string of the molecule is C=CC1C(F)CC(C)CC1F. The van der Waals surface area contributed by atoms with Gasteiger partial charge >= 0.3 is 0 Å². The van der Waals surface area contributed by atoms with Gasteiger partial charge in [-0.15, -0.1) is 6.58 Å². The molecule has 0 aromatic carbocycles. The van der Waals surface area contributed by atoms with Crippen molar-refractivity contribution in [3.63, 3.8) is 0 Å². The average molecular weight is 160 g/mol. The van der Waals surface area contributed by atoms with Gasteiger partial charge in [-0.05, 0) is 18.8 Å². The molecule has 0 nitrogen and oxygen atoms in total. The molecule has 11 heavy (non-hydrogen) atoms. The van der Waals surface area contributed by atoms with Crippen molar-refractivity contribution in [2.24, 2.45) is 11.8 Å². The normalized spacial score (nSPS) is 45.4. The van der Waals surface area contributed by atoms with E-state index in [4.69, 9.17) is 0 Å². The molecule has 0 aromatic heterocycles. The Labute approximate surface area is 66.3 Å². The summed E-state index contributed by atoms with van der Waals surface area (Å²) in [4.78, 5) is 0. The van der Waals surface area contributed by atoms with Gasteiger partial charge in [0.1, 0.15) is 12.3 Å². The minimum Gasteiger partial charge on any atom is -0.247 e. The molecule has 1 fully saturated rings. The molecule has 2 heteroatoms. The lowest BCUT2D eigenvalue weighted by Gasteiger charge is -2.30.